The van der Waals surface area contributed by atoms with Gasteiger partial charge in [-0.1, -0.05) is 40.0 Å². The minimum absolute atomic E-state index is 0.00375. The van der Waals surface area contributed by atoms with E-state index in [1.54, 1.807) is 0 Å². The van der Waals surface area contributed by atoms with Crippen molar-refractivity contribution in [1.29, 1.82) is 0 Å². The van der Waals surface area contributed by atoms with Crippen molar-refractivity contribution in [3.8, 4) is 0 Å². The molecular formula is C14H30O2. The highest BCUT2D eigenvalue weighted by Crippen LogP contribution is 2.18. The highest BCUT2D eigenvalue weighted by atomic mass is 16.7. The Morgan fingerprint density at radius 1 is 0.875 bits per heavy atom. The molecule has 0 aromatic rings. The lowest BCUT2D eigenvalue weighted by Gasteiger charge is -2.21. The van der Waals surface area contributed by atoms with E-state index in [4.69, 9.17) is 9.47 Å². The zero-order valence-corrected chi connectivity index (χ0v) is 11.8. The molecule has 0 unspecified atom stereocenters. The SMILES string of the molecule is CCOC(C[C@H](C)CCCC(C)C)OCC. The highest BCUT2D eigenvalue weighted by molar-refractivity contribution is 4.58. The third-order valence-corrected chi connectivity index (χ3v) is 2.78. The molecule has 0 fully saturated rings. The van der Waals surface area contributed by atoms with Crippen molar-refractivity contribution in [2.24, 2.45) is 11.8 Å². The number of ether oxygens (including phenoxy) is 2. The van der Waals surface area contributed by atoms with Crippen LogP contribution in [0.25, 0.3) is 0 Å². The van der Waals surface area contributed by atoms with Gasteiger partial charge in [0.25, 0.3) is 0 Å². The summed E-state index contributed by atoms with van der Waals surface area (Å²) < 4.78 is 11.1. The third kappa shape index (κ3) is 9.17. The Bertz CT molecular complexity index is 140. The Morgan fingerprint density at radius 2 is 1.44 bits per heavy atom. The second-order valence-corrected chi connectivity index (χ2v) is 5.01. The van der Waals surface area contributed by atoms with Gasteiger partial charge in [-0.2, -0.15) is 0 Å². The van der Waals surface area contributed by atoms with Gasteiger partial charge in [0.2, 0.25) is 0 Å². The maximum absolute atomic E-state index is 5.56. The van der Waals surface area contributed by atoms with Gasteiger partial charge in [0.05, 0.1) is 0 Å². The average Bonchev–Trinajstić information content (AvgIpc) is 2.17. The largest absolute Gasteiger partial charge is 0.353 e. The van der Waals surface area contributed by atoms with E-state index < -0.39 is 0 Å². The molecule has 0 aliphatic heterocycles. The van der Waals surface area contributed by atoms with Crippen LogP contribution in [0.1, 0.15) is 60.3 Å². The van der Waals surface area contributed by atoms with Gasteiger partial charge in [-0.3, -0.25) is 0 Å². The molecule has 0 spiro atoms. The highest BCUT2D eigenvalue weighted by Gasteiger charge is 2.13. The van der Waals surface area contributed by atoms with Gasteiger partial charge in [-0.05, 0) is 25.7 Å². The molecule has 0 rings (SSSR count). The fourth-order valence-electron chi connectivity index (χ4n) is 1.88. The molecule has 16 heavy (non-hydrogen) atoms. The maximum atomic E-state index is 5.56. The minimum atomic E-state index is 0.00375. The van der Waals surface area contributed by atoms with Crippen LogP contribution < -0.4 is 0 Å². The van der Waals surface area contributed by atoms with Crippen molar-refractivity contribution in [2.45, 2.75) is 66.6 Å². The summed E-state index contributed by atoms with van der Waals surface area (Å²) in [6, 6.07) is 0. The number of hydrogen-bond acceptors (Lipinski definition) is 2. The summed E-state index contributed by atoms with van der Waals surface area (Å²) in [7, 11) is 0. The Morgan fingerprint density at radius 3 is 1.88 bits per heavy atom. The molecule has 98 valence electrons. The summed E-state index contributed by atoms with van der Waals surface area (Å²) >= 11 is 0. The molecule has 0 saturated heterocycles. The van der Waals surface area contributed by atoms with Crippen molar-refractivity contribution < 1.29 is 9.47 Å². The van der Waals surface area contributed by atoms with E-state index in [0.717, 1.165) is 25.6 Å². The van der Waals surface area contributed by atoms with Crippen LogP contribution >= 0.6 is 0 Å². The Balaban J connectivity index is 3.67. The molecule has 0 radical (unpaired) electrons. The fraction of sp³-hybridized carbons (Fsp3) is 1.00. The Hall–Kier alpha value is -0.0800. The predicted molar refractivity (Wildman–Crippen MR) is 69.5 cm³/mol. The molecule has 0 aromatic heterocycles. The average molecular weight is 230 g/mol. The summed E-state index contributed by atoms with van der Waals surface area (Å²) in [4.78, 5) is 0. The Labute approximate surface area is 102 Å². The summed E-state index contributed by atoms with van der Waals surface area (Å²) in [6.45, 7) is 12.4. The quantitative estimate of drug-likeness (QED) is 0.523. The van der Waals surface area contributed by atoms with Crippen molar-refractivity contribution in [2.75, 3.05) is 13.2 Å². The molecular weight excluding hydrogens is 200 g/mol. The van der Waals surface area contributed by atoms with Crippen molar-refractivity contribution in [3.05, 3.63) is 0 Å². The van der Waals surface area contributed by atoms with E-state index in [0.29, 0.717) is 5.92 Å². The van der Waals surface area contributed by atoms with Gasteiger partial charge < -0.3 is 9.47 Å². The Kier molecular flexibility index (Phi) is 10.0. The van der Waals surface area contributed by atoms with Crippen LogP contribution in [-0.2, 0) is 9.47 Å². The smallest absolute Gasteiger partial charge is 0.157 e. The van der Waals surface area contributed by atoms with Crippen LogP contribution in [-0.4, -0.2) is 19.5 Å². The first kappa shape index (κ1) is 15.9. The zero-order chi connectivity index (χ0) is 12.4. The second-order valence-electron chi connectivity index (χ2n) is 5.01. The molecule has 0 amide bonds. The molecule has 2 heteroatoms. The lowest BCUT2D eigenvalue weighted by Crippen LogP contribution is -2.20. The molecule has 0 aliphatic carbocycles. The first-order chi connectivity index (χ1) is 7.60. The topological polar surface area (TPSA) is 18.5 Å². The van der Waals surface area contributed by atoms with Gasteiger partial charge in [0, 0.05) is 19.6 Å². The molecule has 0 saturated carbocycles. The lowest BCUT2D eigenvalue weighted by molar-refractivity contribution is -0.145. The standard InChI is InChI=1S/C14H30O2/c1-6-15-14(16-7-2)11-13(5)10-8-9-12(3)4/h12-14H,6-11H2,1-5H3/t13-/m1/s1. The first-order valence-electron chi connectivity index (χ1n) is 6.83. The predicted octanol–water partition coefficient (Wildman–Crippen LogP) is 4.24. The van der Waals surface area contributed by atoms with Gasteiger partial charge in [0.15, 0.2) is 6.29 Å². The molecule has 0 aromatic carbocycles. The summed E-state index contributed by atoms with van der Waals surface area (Å²) in [6.07, 6.45) is 4.97. The van der Waals surface area contributed by atoms with E-state index in [9.17, 15) is 0 Å². The molecule has 0 bridgehead atoms. The molecule has 1 atom stereocenters. The van der Waals surface area contributed by atoms with Crippen molar-refractivity contribution in [3.63, 3.8) is 0 Å². The van der Waals surface area contributed by atoms with Gasteiger partial charge in [-0.15, -0.1) is 0 Å². The number of rotatable bonds is 10. The molecule has 0 heterocycles. The summed E-state index contributed by atoms with van der Waals surface area (Å²) in [5.41, 5.74) is 0. The van der Waals surface area contributed by atoms with Gasteiger partial charge in [0.1, 0.15) is 0 Å². The van der Waals surface area contributed by atoms with Crippen LogP contribution in [0.2, 0.25) is 0 Å². The lowest BCUT2D eigenvalue weighted by atomic mass is 9.97. The van der Waals surface area contributed by atoms with Crippen LogP contribution in [0, 0.1) is 11.8 Å². The minimum Gasteiger partial charge on any atom is -0.353 e. The van der Waals surface area contributed by atoms with Gasteiger partial charge >= 0.3 is 0 Å². The second kappa shape index (κ2) is 10.1. The molecule has 0 N–H and O–H groups in total. The van der Waals surface area contributed by atoms with E-state index >= 15 is 0 Å². The molecule has 0 aliphatic rings. The van der Waals surface area contributed by atoms with Crippen LogP contribution in [0.3, 0.4) is 0 Å². The van der Waals surface area contributed by atoms with Crippen LogP contribution in [0.5, 0.6) is 0 Å². The summed E-state index contributed by atoms with van der Waals surface area (Å²) in [5, 5.41) is 0. The fourth-order valence-corrected chi connectivity index (χ4v) is 1.88. The van der Waals surface area contributed by atoms with E-state index in [2.05, 4.69) is 20.8 Å². The van der Waals surface area contributed by atoms with Crippen LogP contribution in [0.4, 0.5) is 0 Å². The normalized spacial score (nSPS) is 13.7. The first-order valence-corrected chi connectivity index (χ1v) is 6.83. The third-order valence-electron chi connectivity index (χ3n) is 2.78. The van der Waals surface area contributed by atoms with Gasteiger partial charge in [-0.25, -0.2) is 0 Å². The van der Waals surface area contributed by atoms with E-state index in [1.807, 2.05) is 13.8 Å². The summed E-state index contributed by atoms with van der Waals surface area (Å²) in [5.74, 6) is 1.52. The van der Waals surface area contributed by atoms with Crippen molar-refractivity contribution in [1.82, 2.24) is 0 Å². The van der Waals surface area contributed by atoms with Crippen molar-refractivity contribution >= 4 is 0 Å². The monoisotopic (exact) mass is 230 g/mol. The number of hydrogen-bond donors (Lipinski definition) is 0. The van der Waals surface area contributed by atoms with Crippen LogP contribution in [0.15, 0.2) is 0 Å². The zero-order valence-electron chi connectivity index (χ0n) is 11.8. The molecule has 2 nitrogen and oxygen atoms in total. The van der Waals surface area contributed by atoms with E-state index in [1.165, 1.54) is 19.3 Å². The van der Waals surface area contributed by atoms with E-state index in [-0.39, 0.29) is 6.29 Å². The maximum Gasteiger partial charge on any atom is 0.157 e.